The molecule has 2 rings (SSSR count). The van der Waals surface area contributed by atoms with E-state index in [4.69, 9.17) is 0 Å². The second-order valence-corrected chi connectivity index (χ2v) is 6.00. The lowest BCUT2D eigenvalue weighted by Crippen LogP contribution is -2.46. The van der Waals surface area contributed by atoms with Crippen molar-refractivity contribution in [2.24, 2.45) is 0 Å². The molecule has 1 heterocycles. The summed E-state index contributed by atoms with van der Waals surface area (Å²) in [5.74, 6) is -0.416. The topological polar surface area (TPSA) is 49.4 Å². The minimum absolute atomic E-state index is 0. The fraction of sp³-hybridized carbons (Fsp3) is 0.455. The Labute approximate surface area is 113 Å². The maximum atomic E-state index is 12.7. The van der Waals surface area contributed by atoms with Crippen LogP contribution in [0.25, 0.3) is 0 Å². The molecule has 1 aromatic carbocycles. The van der Waals surface area contributed by atoms with E-state index in [0.29, 0.717) is 31.7 Å². The summed E-state index contributed by atoms with van der Waals surface area (Å²) in [6.07, 6.45) is 0. The minimum atomic E-state index is -3.28. The van der Waals surface area contributed by atoms with Gasteiger partial charge in [0.05, 0.1) is 5.75 Å². The van der Waals surface area contributed by atoms with Gasteiger partial charge in [-0.15, -0.1) is 12.4 Å². The highest BCUT2D eigenvalue weighted by molar-refractivity contribution is 7.88. The number of hydrogen-bond acceptors (Lipinski definition) is 3. The average Bonchev–Trinajstić information content (AvgIpc) is 2.33. The molecule has 1 aliphatic rings. The van der Waals surface area contributed by atoms with Gasteiger partial charge in [-0.3, -0.25) is 0 Å². The Morgan fingerprint density at radius 2 is 1.72 bits per heavy atom. The van der Waals surface area contributed by atoms with E-state index in [-0.39, 0.29) is 24.0 Å². The van der Waals surface area contributed by atoms with Gasteiger partial charge in [-0.05, 0) is 17.7 Å². The zero-order valence-electron chi connectivity index (χ0n) is 9.80. The lowest BCUT2D eigenvalue weighted by molar-refractivity contribution is 0.360. The summed E-state index contributed by atoms with van der Waals surface area (Å²) in [5, 5.41) is 3.10. The van der Waals surface area contributed by atoms with Crippen LogP contribution in [0.1, 0.15) is 5.56 Å². The smallest absolute Gasteiger partial charge is 0.218 e. The van der Waals surface area contributed by atoms with Crippen molar-refractivity contribution in [1.82, 2.24) is 9.62 Å². The van der Waals surface area contributed by atoms with Crippen molar-refractivity contribution in [1.29, 1.82) is 0 Å². The van der Waals surface area contributed by atoms with E-state index in [1.807, 2.05) is 0 Å². The van der Waals surface area contributed by atoms with Gasteiger partial charge in [0.15, 0.2) is 0 Å². The van der Waals surface area contributed by atoms with E-state index in [9.17, 15) is 12.8 Å². The lowest BCUT2D eigenvalue weighted by Gasteiger charge is -2.26. The normalized spacial score (nSPS) is 17.2. The highest BCUT2D eigenvalue weighted by atomic mass is 35.5. The Kier molecular flexibility index (Phi) is 5.52. The molecular weight excluding hydrogens is 279 g/mol. The van der Waals surface area contributed by atoms with E-state index < -0.39 is 10.0 Å². The van der Waals surface area contributed by atoms with Crippen LogP contribution in [0, 0.1) is 5.82 Å². The Morgan fingerprint density at radius 3 is 2.28 bits per heavy atom. The fourth-order valence-electron chi connectivity index (χ4n) is 1.81. The predicted molar refractivity (Wildman–Crippen MR) is 70.7 cm³/mol. The second kappa shape index (κ2) is 6.47. The molecular formula is C11H16ClFN2O2S. The van der Waals surface area contributed by atoms with Gasteiger partial charge in [-0.1, -0.05) is 12.1 Å². The van der Waals surface area contributed by atoms with E-state index in [2.05, 4.69) is 5.32 Å². The number of sulfonamides is 1. The molecule has 1 aliphatic heterocycles. The van der Waals surface area contributed by atoms with Crippen molar-refractivity contribution in [3.05, 3.63) is 35.6 Å². The van der Waals surface area contributed by atoms with Crippen molar-refractivity contribution in [2.75, 3.05) is 26.2 Å². The SMILES string of the molecule is Cl.O=S(=O)(Cc1ccc(F)cc1)N1CCNCC1. The average molecular weight is 295 g/mol. The summed E-state index contributed by atoms with van der Waals surface area (Å²) < 4.78 is 38.3. The van der Waals surface area contributed by atoms with Crippen molar-refractivity contribution < 1.29 is 12.8 Å². The molecule has 0 atom stereocenters. The highest BCUT2D eigenvalue weighted by Crippen LogP contribution is 2.12. The Balaban J connectivity index is 0.00000162. The van der Waals surface area contributed by atoms with Crippen LogP contribution in [0.4, 0.5) is 4.39 Å². The summed E-state index contributed by atoms with van der Waals surface area (Å²) >= 11 is 0. The number of hydrogen-bond donors (Lipinski definition) is 1. The zero-order valence-corrected chi connectivity index (χ0v) is 11.4. The van der Waals surface area contributed by atoms with Gasteiger partial charge in [-0.2, -0.15) is 4.31 Å². The summed E-state index contributed by atoms with van der Waals surface area (Å²) in [4.78, 5) is 0. The molecule has 0 aliphatic carbocycles. The molecule has 102 valence electrons. The van der Waals surface area contributed by atoms with Crippen LogP contribution in [-0.2, 0) is 15.8 Å². The largest absolute Gasteiger partial charge is 0.314 e. The summed E-state index contributed by atoms with van der Waals surface area (Å²) in [5.41, 5.74) is 0.616. The predicted octanol–water partition coefficient (Wildman–Crippen LogP) is 0.982. The number of rotatable bonds is 3. The maximum Gasteiger partial charge on any atom is 0.218 e. The van der Waals surface area contributed by atoms with Gasteiger partial charge < -0.3 is 5.32 Å². The third-order valence-corrected chi connectivity index (χ3v) is 4.58. The van der Waals surface area contributed by atoms with Gasteiger partial charge in [0.1, 0.15) is 5.82 Å². The van der Waals surface area contributed by atoms with Gasteiger partial charge in [0.2, 0.25) is 10.0 Å². The molecule has 4 nitrogen and oxygen atoms in total. The van der Waals surface area contributed by atoms with Crippen LogP contribution in [0.3, 0.4) is 0 Å². The highest BCUT2D eigenvalue weighted by Gasteiger charge is 2.23. The number of nitrogens with one attached hydrogen (secondary N) is 1. The third kappa shape index (κ3) is 3.91. The molecule has 0 saturated carbocycles. The molecule has 1 aromatic rings. The molecule has 7 heteroatoms. The molecule has 0 amide bonds. The Morgan fingerprint density at radius 1 is 1.17 bits per heavy atom. The lowest BCUT2D eigenvalue weighted by atomic mass is 10.2. The van der Waals surface area contributed by atoms with Crippen molar-refractivity contribution in [2.45, 2.75) is 5.75 Å². The maximum absolute atomic E-state index is 12.7. The van der Waals surface area contributed by atoms with Gasteiger partial charge >= 0.3 is 0 Å². The van der Waals surface area contributed by atoms with E-state index in [1.165, 1.54) is 28.6 Å². The molecule has 0 aromatic heterocycles. The number of nitrogens with zero attached hydrogens (tertiary/aromatic N) is 1. The van der Waals surface area contributed by atoms with Crippen LogP contribution in [-0.4, -0.2) is 38.9 Å². The van der Waals surface area contributed by atoms with Crippen LogP contribution in [0.2, 0.25) is 0 Å². The molecule has 18 heavy (non-hydrogen) atoms. The summed E-state index contributed by atoms with van der Waals surface area (Å²) in [6.45, 7) is 2.37. The zero-order chi connectivity index (χ0) is 12.3. The van der Waals surface area contributed by atoms with Crippen molar-refractivity contribution >= 4 is 22.4 Å². The van der Waals surface area contributed by atoms with Gasteiger partial charge in [0.25, 0.3) is 0 Å². The second-order valence-electron chi connectivity index (χ2n) is 4.03. The molecule has 0 radical (unpaired) electrons. The summed E-state index contributed by atoms with van der Waals surface area (Å²) in [7, 11) is -3.28. The molecule has 1 fully saturated rings. The first-order valence-electron chi connectivity index (χ1n) is 5.51. The minimum Gasteiger partial charge on any atom is -0.314 e. The number of piperazine rings is 1. The van der Waals surface area contributed by atoms with Crippen LogP contribution in [0.5, 0.6) is 0 Å². The van der Waals surface area contributed by atoms with Crippen LogP contribution < -0.4 is 5.32 Å². The first-order valence-corrected chi connectivity index (χ1v) is 7.12. The molecule has 0 bridgehead atoms. The Hall–Kier alpha value is -0.690. The molecule has 1 saturated heterocycles. The van der Waals surface area contributed by atoms with Crippen LogP contribution >= 0.6 is 12.4 Å². The van der Waals surface area contributed by atoms with Gasteiger partial charge in [0, 0.05) is 26.2 Å². The van der Waals surface area contributed by atoms with E-state index >= 15 is 0 Å². The number of benzene rings is 1. The first-order chi connectivity index (χ1) is 8.08. The third-order valence-electron chi connectivity index (χ3n) is 2.73. The van der Waals surface area contributed by atoms with Gasteiger partial charge in [-0.25, -0.2) is 12.8 Å². The summed E-state index contributed by atoms with van der Waals surface area (Å²) in [6, 6.07) is 5.58. The van der Waals surface area contributed by atoms with E-state index in [0.717, 1.165) is 0 Å². The quantitative estimate of drug-likeness (QED) is 0.904. The Bertz CT molecular complexity index is 472. The van der Waals surface area contributed by atoms with Crippen LogP contribution in [0.15, 0.2) is 24.3 Å². The van der Waals surface area contributed by atoms with Crippen molar-refractivity contribution in [3.63, 3.8) is 0 Å². The first kappa shape index (κ1) is 15.4. The standard InChI is InChI=1S/C11H15FN2O2S.ClH/c12-11-3-1-10(2-4-11)9-17(15,16)14-7-5-13-6-8-14;/h1-4,13H,5-9H2;1H. The monoisotopic (exact) mass is 294 g/mol. The van der Waals surface area contributed by atoms with Crippen molar-refractivity contribution in [3.8, 4) is 0 Å². The molecule has 0 unspecified atom stereocenters. The molecule has 1 N–H and O–H groups in total. The molecule has 0 spiro atoms. The fourth-order valence-corrected chi connectivity index (χ4v) is 3.34. The van der Waals surface area contributed by atoms with E-state index in [1.54, 1.807) is 0 Å². The number of halogens is 2.